The van der Waals surface area contributed by atoms with E-state index in [2.05, 4.69) is 6.92 Å². The molecule has 4 atom stereocenters. The molecular formula is C12H30N2O4. The Bertz CT molecular complexity index is 161. The number of hydrogen-bond acceptors (Lipinski definition) is 6. The minimum absolute atomic E-state index is 0. The summed E-state index contributed by atoms with van der Waals surface area (Å²) in [6.07, 6.45) is -0.715. The standard InChI is InChI=1S/C9H21NO3.C3H6O.H3N/c1-7(11)4-10(5-8(2)12)6-9(3)13;1-3-2-4-3;/h7-9,11-13H,4-6H2,1-3H3;3H,2H2,1H3;1H3. The van der Waals surface area contributed by atoms with Crippen LogP contribution in [0, 0.1) is 0 Å². The first-order valence-corrected chi connectivity index (χ1v) is 6.19. The van der Waals surface area contributed by atoms with Gasteiger partial charge in [-0.3, -0.25) is 4.90 Å². The second-order valence-electron chi connectivity index (χ2n) is 4.91. The molecule has 0 aromatic carbocycles. The first-order valence-electron chi connectivity index (χ1n) is 6.19. The Kier molecular flexibility index (Phi) is 11.9. The van der Waals surface area contributed by atoms with Gasteiger partial charge in [0.05, 0.1) is 31.0 Å². The van der Waals surface area contributed by atoms with E-state index in [9.17, 15) is 0 Å². The van der Waals surface area contributed by atoms with Crippen molar-refractivity contribution in [3.8, 4) is 0 Å². The molecule has 0 aromatic heterocycles. The summed E-state index contributed by atoms with van der Waals surface area (Å²) in [5.41, 5.74) is 0. The first kappa shape index (κ1) is 20.1. The zero-order valence-electron chi connectivity index (χ0n) is 12.0. The normalized spacial score (nSPS) is 22.3. The van der Waals surface area contributed by atoms with E-state index >= 15 is 0 Å². The van der Waals surface area contributed by atoms with Crippen LogP contribution in [0.3, 0.4) is 0 Å². The van der Waals surface area contributed by atoms with E-state index in [1.165, 1.54) is 0 Å². The van der Waals surface area contributed by atoms with Crippen LogP contribution in [0.2, 0.25) is 0 Å². The Hall–Kier alpha value is -0.240. The van der Waals surface area contributed by atoms with Crippen molar-refractivity contribution in [3.63, 3.8) is 0 Å². The maximum Gasteiger partial charge on any atom is 0.0781 e. The average molecular weight is 266 g/mol. The van der Waals surface area contributed by atoms with Gasteiger partial charge in [0.15, 0.2) is 0 Å². The number of nitrogens with zero attached hydrogens (tertiary/aromatic N) is 1. The van der Waals surface area contributed by atoms with Crippen LogP contribution in [0.4, 0.5) is 0 Å². The summed E-state index contributed by atoms with van der Waals surface area (Å²) in [4.78, 5) is 1.85. The fourth-order valence-electron chi connectivity index (χ4n) is 1.44. The van der Waals surface area contributed by atoms with Gasteiger partial charge in [-0.1, -0.05) is 0 Å². The van der Waals surface area contributed by atoms with E-state index in [0.29, 0.717) is 25.7 Å². The minimum Gasteiger partial charge on any atom is -0.392 e. The predicted octanol–water partition coefficient (Wildman–Crippen LogP) is -0.00210. The molecule has 0 bridgehead atoms. The minimum atomic E-state index is -0.433. The van der Waals surface area contributed by atoms with E-state index in [0.717, 1.165) is 6.61 Å². The SMILES string of the molecule is CC(O)CN(CC(C)O)CC(C)O.CC1CO1.N. The highest BCUT2D eigenvalue weighted by atomic mass is 16.6. The molecule has 1 aliphatic rings. The van der Waals surface area contributed by atoms with Crippen molar-refractivity contribution in [3.05, 3.63) is 0 Å². The molecule has 4 unspecified atom stereocenters. The van der Waals surface area contributed by atoms with Crippen LogP contribution in [0.5, 0.6) is 0 Å². The number of aliphatic hydroxyl groups excluding tert-OH is 3. The van der Waals surface area contributed by atoms with E-state index in [4.69, 9.17) is 20.1 Å². The lowest BCUT2D eigenvalue weighted by atomic mass is 10.2. The van der Waals surface area contributed by atoms with Gasteiger partial charge in [0.1, 0.15) is 0 Å². The fourth-order valence-corrected chi connectivity index (χ4v) is 1.44. The molecule has 1 saturated heterocycles. The van der Waals surface area contributed by atoms with Gasteiger partial charge in [0.25, 0.3) is 0 Å². The third-order valence-electron chi connectivity index (χ3n) is 2.07. The summed E-state index contributed by atoms with van der Waals surface area (Å²) in [6.45, 7) is 9.56. The Morgan fingerprint density at radius 2 is 1.22 bits per heavy atom. The van der Waals surface area contributed by atoms with Crippen LogP contribution in [-0.4, -0.2) is 70.9 Å². The largest absolute Gasteiger partial charge is 0.392 e. The van der Waals surface area contributed by atoms with E-state index in [-0.39, 0.29) is 6.15 Å². The zero-order valence-corrected chi connectivity index (χ0v) is 12.0. The molecule has 1 fully saturated rings. The molecule has 0 amide bonds. The Labute approximate surface area is 110 Å². The zero-order chi connectivity index (χ0) is 13.4. The highest BCUT2D eigenvalue weighted by Crippen LogP contribution is 2.04. The van der Waals surface area contributed by atoms with Gasteiger partial charge in [-0.25, -0.2) is 0 Å². The number of epoxide rings is 1. The molecular weight excluding hydrogens is 236 g/mol. The molecule has 6 heteroatoms. The van der Waals surface area contributed by atoms with Crippen LogP contribution < -0.4 is 6.15 Å². The molecule has 112 valence electrons. The molecule has 1 heterocycles. The molecule has 0 radical (unpaired) electrons. The Balaban J connectivity index is 0. The topological polar surface area (TPSA) is 111 Å². The molecule has 6 nitrogen and oxygen atoms in total. The van der Waals surface area contributed by atoms with Crippen molar-refractivity contribution < 1.29 is 20.1 Å². The Morgan fingerprint density at radius 3 is 1.33 bits per heavy atom. The van der Waals surface area contributed by atoms with Gasteiger partial charge < -0.3 is 26.2 Å². The van der Waals surface area contributed by atoms with E-state index in [1.54, 1.807) is 20.8 Å². The molecule has 0 aliphatic carbocycles. The maximum absolute atomic E-state index is 9.14. The second kappa shape index (κ2) is 10.7. The van der Waals surface area contributed by atoms with Crippen molar-refractivity contribution in [2.24, 2.45) is 0 Å². The Morgan fingerprint density at radius 1 is 1.00 bits per heavy atom. The van der Waals surface area contributed by atoms with Crippen molar-refractivity contribution >= 4 is 0 Å². The average Bonchev–Trinajstić information content (AvgIpc) is 2.84. The third-order valence-corrected chi connectivity index (χ3v) is 2.07. The summed E-state index contributed by atoms with van der Waals surface area (Å²) in [5, 5.41) is 27.4. The lowest BCUT2D eigenvalue weighted by Gasteiger charge is -2.25. The highest BCUT2D eigenvalue weighted by molar-refractivity contribution is 4.66. The molecule has 18 heavy (non-hydrogen) atoms. The molecule has 6 N–H and O–H groups in total. The number of rotatable bonds is 6. The highest BCUT2D eigenvalue weighted by Gasteiger charge is 2.13. The van der Waals surface area contributed by atoms with Gasteiger partial charge in [-0.2, -0.15) is 0 Å². The third kappa shape index (κ3) is 15.8. The maximum atomic E-state index is 9.14. The fraction of sp³-hybridized carbons (Fsp3) is 1.00. The van der Waals surface area contributed by atoms with Crippen molar-refractivity contribution in [1.82, 2.24) is 11.1 Å². The molecule has 1 aliphatic heterocycles. The van der Waals surface area contributed by atoms with Crippen molar-refractivity contribution in [2.45, 2.75) is 52.1 Å². The van der Waals surface area contributed by atoms with Crippen molar-refractivity contribution in [2.75, 3.05) is 26.2 Å². The van der Waals surface area contributed by atoms with E-state index in [1.807, 2.05) is 4.90 Å². The number of ether oxygens (including phenoxy) is 1. The molecule has 0 aromatic rings. The summed E-state index contributed by atoms with van der Waals surface area (Å²) >= 11 is 0. The lowest BCUT2D eigenvalue weighted by molar-refractivity contribution is 0.0530. The van der Waals surface area contributed by atoms with Crippen LogP contribution in [-0.2, 0) is 4.74 Å². The van der Waals surface area contributed by atoms with Gasteiger partial charge in [0.2, 0.25) is 0 Å². The summed E-state index contributed by atoms with van der Waals surface area (Å²) in [6, 6.07) is 0. The molecule has 1 rings (SSSR count). The van der Waals surface area contributed by atoms with Gasteiger partial charge in [-0.05, 0) is 27.7 Å². The van der Waals surface area contributed by atoms with Gasteiger partial charge >= 0.3 is 0 Å². The predicted molar refractivity (Wildman–Crippen MR) is 71.9 cm³/mol. The molecule has 0 spiro atoms. The smallest absolute Gasteiger partial charge is 0.0781 e. The molecule has 0 saturated carbocycles. The van der Waals surface area contributed by atoms with Crippen LogP contribution in [0.15, 0.2) is 0 Å². The van der Waals surface area contributed by atoms with Crippen molar-refractivity contribution in [1.29, 1.82) is 0 Å². The van der Waals surface area contributed by atoms with Crippen LogP contribution >= 0.6 is 0 Å². The van der Waals surface area contributed by atoms with E-state index < -0.39 is 18.3 Å². The summed E-state index contributed by atoms with van der Waals surface area (Å²) in [5.74, 6) is 0. The summed E-state index contributed by atoms with van der Waals surface area (Å²) in [7, 11) is 0. The van der Waals surface area contributed by atoms with Crippen LogP contribution in [0.1, 0.15) is 27.7 Å². The lowest BCUT2D eigenvalue weighted by Crippen LogP contribution is -2.40. The van der Waals surface area contributed by atoms with Gasteiger partial charge in [0, 0.05) is 19.6 Å². The monoisotopic (exact) mass is 266 g/mol. The van der Waals surface area contributed by atoms with Gasteiger partial charge in [-0.15, -0.1) is 0 Å². The number of hydrogen-bond donors (Lipinski definition) is 4. The second-order valence-corrected chi connectivity index (χ2v) is 4.91. The quantitative estimate of drug-likeness (QED) is 0.503. The van der Waals surface area contributed by atoms with Crippen LogP contribution in [0.25, 0.3) is 0 Å². The first-order chi connectivity index (χ1) is 7.81. The number of aliphatic hydroxyl groups is 3. The summed E-state index contributed by atoms with van der Waals surface area (Å²) < 4.78 is 4.71.